The van der Waals surface area contributed by atoms with Crippen molar-refractivity contribution in [2.75, 3.05) is 33.2 Å². The molecule has 0 aliphatic carbocycles. The number of fused-ring (bicyclic) bond motifs is 1. The average molecular weight is 382 g/mol. The number of hydrogen-bond donors (Lipinski definition) is 1. The zero-order valence-corrected chi connectivity index (χ0v) is 17.0. The number of aromatic nitrogens is 2. The van der Waals surface area contributed by atoms with E-state index < -0.39 is 0 Å². The van der Waals surface area contributed by atoms with Gasteiger partial charge in [0, 0.05) is 56.9 Å². The highest BCUT2D eigenvalue weighted by Gasteiger charge is 2.38. The molecule has 1 aromatic carbocycles. The molecule has 0 unspecified atom stereocenters. The summed E-state index contributed by atoms with van der Waals surface area (Å²) in [5.74, 6) is 0.930. The zero-order chi connectivity index (χ0) is 19.5. The summed E-state index contributed by atoms with van der Waals surface area (Å²) in [7, 11) is 1.95. The molecule has 6 nitrogen and oxygen atoms in total. The van der Waals surface area contributed by atoms with Crippen LogP contribution in [-0.2, 0) is 11.3 Å². The Morgan fingerprint density at radius 3 is 3.00 bits per heavy atom. The standard InChI is InChI=1S/C22H31N5O/c1-17-4-3-5-20(12-17)27-15-18(13-24-27)14-25-10-8-21-19(16-25)6-7-22(28)26(21)11-9-23-2/h3-5,12-13,15,19,21,23H,6-11,14,16H2,1-2H3/t19-,21+/m0/s1. The van der Waals surface area contributed by atoms with Gasteiger partial charge in [0.15, 0.2) is 0 Å². The molecule has 0 bridgehead atoms. The van der Waals surface area contributed by atoms with Crippen molar-refractivity contribution in [1.29, 1.82) is 0 Å². The Morgan fingerprint density at radius 1 is 1.29 bits per heavy atom. The molecule has 3 heterocycles. The number of likely N-dealkylation sites (N-methyl/N-ethyl adjacent to an activating group) is 1. The minimum absolute atomic E-state index is 0.337. The van der Waals surface area contributed by atoms with E-state index in [1.807, 2.05) is 17.9 Å². The van der Waals surface area contributed by atoms with Gasteiger partial charge in [0.1, 0.15) is 0 Å². The van der Waals surface area contributed by atoms with Gasteiger partial charge in [-0.15, -0.1) is 0 Å². The van der Waals surface area contributed by atoms with E-state index in [4.69, 9.17) is 0 Å². The monoisotopic (exact) mass is 381 g/mol. The van der Waals surface area contributed by atoms with Crippen LogP contribution in [0.3, 0.4) is 0 Å². The largest absolute Gasteiger partial charge is 0.338 e. The molecule has 2 saturated heterocycles. The molecule has 1 aromatic heterocycles. The smallest absolute Gasteiger partial charge is 0.222 e. The predicted octanol–water partition coefficient (Wildman–Crippen LogP) is 2.21. The van der Waals surface area contributed by atoms with Gasteiger partial charge in [0.25, 0.3) is 0 Å². The van der Waals surface area contributed by atoms with Gasteiger partial charge in [-0.25, -0.2) is 4.68 Å². The predicted molar refractivity (Wildman–Crippen MR) is 110 cm³/mol. The third-order valence-corrected chi connectivity index (χ3v) is 6.14. The molecular formula is C22H31N5O. The third kappa shape index (κ3) is 4.13. The van der Waals surface area contributed by atoms with Crippen LogP contribution >= 0.6 is 0 Å². The lowest BCUT2D eigenvalue weighted by Gasteiger charge is -2.47. The lowest BCUT2D eigenvalue weighted by molar-refractivity contribution is -0.141. The van der Waals surface area contributed by atoms with Crippen LogP contribution in [0.5, 0.6) is 0 Å². The van der Waals surface area contributed by atoms with Gasteiger partial charge in [-0.3, -0.25) is 9.69 Å². The Labute approximate surface area is 167 Å². The molecule has 150 valence electrons. The SMILES string of the molecule is CNCCN1C(=O)CC[C@H]2CN(Cc3cnn(-c4cccc(C)c4)c3)CC[C@H]21. The Balaban J connectivity index is 1.38. The molecule has 0 saturated carbocycles. The molecule has 2 aliphatic rings. The van der Waals surface area contributed by atoms with Crippen molar-refractivity contribution in [3.8, 4) is 5.69 Å². The molecule has 2 atom stereocenters. The van der Waals surface area contributed by atoms with Crippen molar-refractivity contribution in [3.05, 3.63) is 47.8 Å². The van der Waals surface area contributed by atoms with Gasteiger partial charge >= 0.3 is 0 Å². The van der Waals surface area contributed by atoms with Crippen LogP contribution in [0.2, 0.25) is 0 Å². The number of carbonyl (C=O) groups excluding carboxylic acids is 1. The summed E-state index contributed by atoms with van der Waals surface area (Å²) in [4.78, 5) is 17.0. The molecular weight excluding hydrogens is 350 g/mol. The Hall–Kier alpha value is -2.18. The minimum atomic E-state index is 0.337. The maximum Gasteiger partial charge on any atom is 0.222 e. The van der Waals surface area contributed by atoms with Crippen molar-refractivity contribution in [3.63, 3.8) is 0 Å². The maximum atomic E-state index is 12.4. The van der Waals surface area contributed by atoms with E-state index in [0.29, 0.717) is 24.3 Å². The fraction of sp³-hybridized carbons (Fsp3) is 0.545. The van der Waals surface area contributed by atoms with Crippen LogP contribution in [-0.4, -0.2) is 64.8 Å². The molecule has 0 radical (unpaired) electrons. The van der Waals surface area contributed by atoms with Gasteiger partial charge in [0.05, 0.1) is 11.9 Å². The number of hydrogen-bond acceptors (Lipinski definition) is 4. The number of amides is 1. The van der Waals surface area contributed by atoms with E-state index in [9.17, 15) is 4.79 Å². The maximum absolute atomic E-state index is 12.4. The van der Waals surface area contributed by atoms with Crippen LogP contribution in [0.4, 0.5) is 0 Å². The number of nitrogens with one attached hydrogen (secondary N) is 1. The van der Waals surface area contributed by atoms with Gasteiger partial charge < -0.3 is 10.2 Å². The van der Waals surface area contributed by atoms with Crippen LogP contribution in [0, 0.1) is 12.8 Å². The lowest BCUT2D eigenvalue weighted by atomic mass is 9.83. The molecule has 6 heteroatoms. The van der Waals surface area contributed by atoms with E-state index in [1.54, 1.807) is 0 Å². The fourth-order valence-corrected chi connectivity index (χ4v) is 4.70. The zero-order valence-electron chi connectivity index (χ0n) is 17.0. The molecule has 2 aliphatic heterocycles. The van der Waals surface area contributed by atoms with Crippen molar-refractivity contribution in [1.82, 2.24) is 24.9 Å². The molecule has 2 fully saturated rings. The van der Waals surface area contributed by atoms with E-state index in [0.717, 1.165) is 51.3 Å². The summed E-state index contributed by atoms with van der Waals surface area (Å²) in [6.45, 7) is 6.85. The van der Waals surface area contributed by atoms with E-state index in [2.05, 4.69) is 57.6 Å². The summed E-state index contributed by atoms with van der Waals surface area (Å²) >= 11 is 0. The first-order valence-electron chi connectivity index (χ1n) is 10.4. The van der Waals surface area contributed by atoms with Crippen molar-refractivity contribution in [2.24, 2.45) is 5.92 Å². The normalized spacial score (nSPS) is 23.1. The average Bonchev–Trinajstić information content (AvgIpc) is 3.16. The Bertz CT molecular complexity index is 817. The first-order chi connectivity index (χ1) is 13.6. The second kappa shape index (κ2) is 8.45. The molecule has 2 aromatic rings. The Kier molecular flexibility index (Phi) is 5.78. The van der Waals surface area contributed by atoms with E-state index in [-0.39, 0.29) is 0 Å². The van der Waals surface area contributed by atoms with E-state index in [1.165, 1.54) is 11.1 Å². The quantitative estimate of drug-likeness (QED) is 0.834. The summed E-state index contributed by atoms with van der Waals surface area (Å²) in [5.41, 5.74) is 3.60. The van der Waals surface area contributed by atoms with Crippen LogP contribution < -0.4 is 5.32 Å². The number of aryl methyl sites for hydroxylation is 1. The number of rotatable bonds is 6. The molecule has 0 spiro atoms. The van der Waals surface area contributed by atoms with Crippen molar-refractivity contribution in [2.45, 2.75) is 38.8 Å². The highest BCUT2D eigenvalue weighted by Crippen LogP contribution is 2.31. The van der Waals surface area contributed by atoms with Gasteiger partial charge in [-0.2, -0.15) is 5.10 Å². The fourth-order valence-electron chi connectivity index (χ4n) is 4.70. The number of likely N-dealkylation sites (tertiary alicyclic amines) is 2. The summed E-state index contributed by atoms with van der Waals surface area (Å²) in [6.07, 6.45) is 6.93. The number of nitrogens with zero attached hydrogens (tertiary/aromatic N) is 4. The summed E-state index contributed by atoms with van der Waals surface area (Å²) in [6, 6.07) is 8.84. The molecule has 1 amide bonds. The first kappa shape index (κ1) is 19.2. The third-order valence-electron chi connectivity index (χ3n) is 6.14. The first-order valence-corrected chi connectivity index (χ1v) is 10.4. The summed E-state index contributed by atoms with van der Waals surface area (Å²) in [5, 5.41) is 7.74. The second-order valence-corrected chi connectivity index (χ2v) is 8.21. The number of carbonyl (C=O) groups is 1. The molecule has 1 N–H and O–H groups in total. The molecule has 4 rings (SSSR count). The molecule has 28 heavy (non-hydrogen) atoms. The highest BCUT2D eigenvalue weighted by molar-refractivity contribution is 5.77. The second-order valence-electron chi connectivity index (χ2n) is 8.21. The van der Waals surface area contributed by atoms with Crippen LogP contribution in [0.25, 0.3) is 5.69 Å². The van der Waals surface area contributed by atoms with Crippen molar-refractivity contribution < 1.29 is 4.79 Å². The van der Waals surface area contributed by atoms with Crippen LogP contribution in [0.1, 0.15) is 30.4 Å². The topological polar surface area (TPSA) is 53.4 Å². The van der Waals surface area contributed by atoms with Crippen LogP contribution in [0.15, 0.2) is 36.7 Å². The van der Waals surface area contributed by atoms with Gasteiger partial charge in [-0.1, -0.05) is 12.1 Å². The number of benzene rings is 1. The number of piperidine rings is 2. The van der Waals surface area contributed by atoms with Crippen molar-refractivity contribution >= 4 is 5.91 Å². The minimum Gasteiger partial charge on any atom is -0.338 e. The van der Waals surface area contributed by atoms with Gasteiger partial charge in [-0.05, 0) is 50.4 Å². The lowest BCUT2D eigenvalue weighted by Crippen LogP contribution is -2.56. The highest BCUT2D eigenvalue weighted by atomic mass is 16.2. The Morgan fingerprint density at radius 2 is 2.18 bits per heavy atom. The summed E-state index contributed by atoms with van der Waals surface area (Å²) < 4.78 is 1.97. The van der Waals surface area contributed by atoms with Gasteiger partial charge in [0.2, 0.25) is 5.91 Å². The van der Waals surface area contributed by atoms with E-state index >= 15 is 0 Å².